The lowest BCUT2D eigenvalue weighted by Gasteiger charge is -2.42. The quantitative estimate of drug-likeness (QED) is 0.542. The summed E-state index contributed by atoms with van der Waals surface area (Å²) in [6, 6.07) is 5.58. The molecule has 1 heterocycles. The summed E-state index contributed by atoms with van der Waals surface area (Å²) in [7, 11) is 1.56. The van der Waals surface area contributed by atoms with Crippen LogP contribution in [-0.4, -0.2) is 30.2 Å². The van der Waals surface area contributed by atoms with Crippen LogP contribution >= 0.6 is 11.6 Å². The molecule has 6 heteroatoms. The molecule has 1 aliphatic carbocycles. The predicted octanol–water partition coefficient (Wildman–Crippen LogP) is 3.93. The zero-order chi connectivity index (χ0) is 19.6. The summed E-state index contributed by atoms with van der Waals surface area (Å²) in [5, 5.41) is 0.526. The van der Waals surface area contributed by atoms with Gasteiger partial charge >= 0.3 is 5.97 Å². The Morgan fingerprint density at radius 1 is 1.30 bits per heavy atom. The van der Waals surface area contributed by atoms with E-state index in [1.807, 2.05) is 18.2 Å². The van der Waals surface area contributed by atoms with E-state index in [9.17, 15) is 14.4 Å². The van der Waals surface area contributed by atoms with Gasteiger partial charge in [-0.1, -0.05) is 30.5 Å². The topological polar surface area (TPSA) is 69.7 Å². The van der Waals surface area contributed by atoms with E-state index in [0.29, 0.717) is 23.6 Å². The Morgan fingerprint density at radius 2 is 2.00 bits per heavy atom. The number of hydrogen-bond donors (Lipinski definition) is 0. The van der Waals surface area contributed by atoms with Crippen molar-refractivity contribution in [1.82, 2.24) is 0 Å². The van der Waals surface area contributed by atoms with Crippen LogP contribution in [0.25, 0.3) is 0 Å². The van der Waals surface area contributed by atoms with Crippen molar-refractivity contribution in [2.24, 2.45) is 11.8 Å². The zero-order valence-corrected chi connectivity index (χ0v) is 16.5. The van der Waals surface area contributed by atoms with Crippen LogP contribution in [0.4, 0.5) is 0 Å². The first kappa shape index (κ1) is 19.9. The van der Waals surface area contributed by atoms with Crippen molar-refractivity contribution in [3.63, 3.8) is 0 Å². The number of halogens is 1. The molecule has 27 heavy (non-hydrogen) atoms. The molecular formula is C21H25ClO5. The van der Waals surface area contributed by atoms with Crippen molar-refractivity contribution in [3.8, 4) is 5.75 Å². The number of aryl methyl sites for hydroxylation is 1. The van der Waals surface area contributed by atoms with E-state index in [2.05, 4.69) is 0 Å². The Balaban J connectivity index is 1.82. The number of esters is 1. The molecule has 5 nitrogen and oxygen atoms in total. The van der Waals surface area contributed by atoms with E-state index in [1.54, 1.807) is 7.11 Å². The second kappa shape index (κ2) is 8.01. The zero-order valence-electron chi connectivity index (χ0n) is 15.8. The molecule has 1 aromatic rings. The second-order valence-electron chi connectivity index (χ2n) is 7.62. The number of cyclic esters (lactones) is 1. The number of rotatable bonds is 6. The lowest BCUT2D eigenvalue weighted by Crippen LogP contribution is -2.53. The van der Waals surface area contributed by atoms with Gasteiger partial charge in [-0.25, -0.2) is 0 Å². The molecule has 2 aliphatic rings. The Hall–Kier alpha value is -1.88. The van der Waals surface area contributed by atoms with E-state index >= 15 is 0 Å². The number of ether oxygens (including phenoxy) is 2. The van der Waals surface area contributed by atoms with Crippen LogP contribution in [0.1, 0.15) is 51.0 Å². The van der Waals surface area contributed by atoms with Gasteiger partial charge in [-0.15, -0.1) is 0 Å². The van der Waals surface area contributed by atoms with E-state index in [-0.39, 0.29) is 18.1 Å². The summed E-state index contributed by atoms with van der Waals surface area (Å²) >= 11 is 6.21. The Kier molecular flexibility index (Phi) is 5.89. The average molecular weight is 393 g/mol. The summed E-state index contributed by atoms with van der Waals surface area (Å²) < 4.78 is 11.0. The number of ketones is 2. The maximum Gasteiger partial charge on any atom is 0.324 e. The highest BCUT2D eigenvalue weighted by atomic mass is 35.5. The molecule has 0 radical (unpaired) electrons. The lowest BCUT2D eigenvalue weighted by atomic mass is 9.73. The van der Waals surface area contributed by atoms with Gasteiger partial charge in [0.25, 0.3) is 0 Å². The van der Waals surface area contributed by atoms with Crippen LogP contribution in [0, 0.1) is 11.8 Å². The van der Waals surface area contributed by atoms with Crippen molar-refractivity contribution < 1.29 is 23.9 Å². The molecule has 0 spiro atoms. The van der Waals surface area contributed by atoms with E-state index in [4.69, 9.17) is 21.1 Å². The summed E-state index contributed by atoms with van der Waals surface area (Å²) in [6.07, 6.45) is 5.32. The van der Waals surface area contributed by atoms with Crippen molar-refractivity contribution in [3.05, 3.63) is 28.8 Å². The number of methoxy groups -OCH3 is 1. The van der Waals surface area contributed by atoms with Gasteiger partial charge in [-0.05, 0) is 56.2 Å². The van der Waals surface area contributed by atoms with Gasteiger partial charge in [0.15, 0.2) is 17.5 Å². The molecule has 1 saturated heterocycles. The summed E-state index contributed by atoms with van der Waals surface area (Å²) in [6.45, 7) is 1.27. The van der Waals surface area contributed by atoms with Crippen molar-refractivity contribution >= 4 is 29.1 Å². The van der Waals surface area contributed by atoms with Crippen LogP contribution in [0.3, 0.4) is 0 Å². The van der Waals surface area contributed by atoms with Crippen LogP contribution in [0.15, 0.2) is 18.2 Å². The molecule has 0 aromatic heterocycles. The van der Waals surface area contributed by atoms with Crippen LogP contribution in [0.5, 0.6) is 5.75 Å². The Morgan fingerprint density at radius 3 is 2.56 bits per heavy atom. The van der Waals surface area contributed by atoms with E-state index < -0.39 is 23.3 Å². The SMILES string of the molecule is COc1ccc(CCC2(C3CCCC3)CC(=O)C(C(C)=O)C(=O)O2)cc1Cl. The van der Waals surface area contributed by atoms with E-state index in [1.165, 1.54) is 6.92 Å². The molecule has 3 rings (SSSR count). The van der Waals surface area contributed by atoms with Gasteiger partial charge in [0.05, 0.1) is 12.1 Å². The minimum atomic E-state index is -1.25. The number of carbonyl (C=O) groups excluding carboxylic acids is 3. The number of carbonyl (C=O) groups is 3. The predicted molar refractivity (Wildman–Crippen MR) is 101 cm³/mol. The first-order valence-corrected chi connectivity index (χ1v) is 9.82. The van der Waals surface area contributed by atoms with E-state index in [0.717, 1.165) is 31.2 Å². The molecule has 0 bridgehead atoms. The highest BCUT2D eigenvalue weighted by Gasteiger charge is 2.52. The Labute approximate surface area is 164 Å². The Bertz CT molecular complexity index is 733. The summed E-state index contributed by atoms with van der Waals surface area (Å²) in [4.78, 5) is 36.8. The van der Waals surface area contributed by atoms with Gasteiger partial charge in [0.2, 0.25) is 0 Å². The fourth-order valence-electron chi connectivity index (χ4n) is 4.46. The third-order valence-electron chi connectivity index (χ3n) is 5.89. The average Bonchev–Trinajstić information content (AvgIpc) is 3.14. The van der Waals surface area contributed by atoms with Gasteiger partial charge in [-0.3, -0.25) is 14.4 Å². The van der Waals surface area contributed by atoms with Crippen LogP contribution < -0.4 is 4.74 Å². The molecule has 1 saturated carbocycles. The first-order valence-electron chi connectivity index (χ1n) is 9.45. The lowest BCUT2D eigenvalue weighted by molar-refractivity contribution is -0.186. The molecule has 2 unspecified atom stereocenters. The molecule has 2 fully saturated rings. The summed E-state index contributed by atoms with van der Waals surface area (Å²) in [5.74, 6) is -1.92. The number of benzene rings is 1. The van der Waals surface area contributed by atoms with Crippen molar-refractivity contribution in [2.45, 2.75) is 57.5 Å². The monoisotopic (exact) mass is 392 g/mol. The minimum absolute atomic E-state index is 0.123. The third-order valence-corrected chi connectivity index (χ3v) is 6.19. The number of hydrogen-bond acceptors (Lipinski definition) is 5. The standard InChI is InChI=1S/C21H25ClO5/c1-13(23)19-17(24)12-21(27-20(19)25,15-5-3-4-6-15)10-9-14-7-8-18(26-2)16(22)11-14/h7-8,11,15,19H,3-6,9-10,12H2,1-2H3. The largest absolute Gasteiger partial charge is 0.495 e. The van der Waals surface area contributed by atoms with Crippen LogP contribution in [-0.2, 0) is 25.5 Å². The first-order chi connectivity index (χ1) is 12.9. The molecule has 1 aromatic carbocycles. The smallest absolute Gasteiger partial charge is 0.324 e. The molecule has 0 amide bonds. The fourth-order valence-corrected chi connectivity index (χ4v) is 4.74. The van der Waals surface area contributed by atoms with Gasteiger partial charge in [0.1, 0.15) is 11.4 Å². The highest BCUT2D eigenvalue weighted by Crippen LogP contribution is 2.45. The minimum Gasteiger partial charge on any atom is -0.495 e. The van der Waals surface area contributed by atoms with Crippen LogP contribution in [0.2, 0.25) is 5.02 Å². The van der Waals surface area contributed by atoms with Gasteiger partial charge in [-0.2, -0.15) is 0 Å². The fraction of sp³-hybridized carbons (Fsp3) is 0.571. The maximum absolute atomic E-state index is 12.6. The normalized spacial score (nSPS) is 26.1. The molecule has 146 valence electrons. The van der Waals surface area contributed by atoms with Gasteiger partial charge in [0, 0.05) is 6.42 Å². The molecule has 2 atom stereocenters. The maximum atomic E-state index is 12.6. The molecule has 1 aliphatic heterocycles. The third kappa shape index (κ3) is 4.03. The van der Waals surface area contributed by atoms with Crippen molar-refractivity contribution in [1.29, 1.82) is 0 Å². The van der Waals surface area contributed by atoms with Crippen molar-refractivity contribution in [2.75, 3.05) is 7.11 Å². The summed E-state index contributed by atoms with van der Waals surface area (Å²) in [5.41, 5.74) is 0.179. The second-order valence-corrected chi connectivity index (χ2v) is 8.03. The molecule has 0 N–H and O–H groups in total. The van der Waals surface area contributed by atoms with Gasteiger partial charge < -0.3 is 9.47 Å². The molecular weight excluding hydrogens is 368 g/mol. The highest BCUT2D eigenvalue weighted by molar-refractivity contribution is 6.32. The number of Topliss-reactive ketones (excluding diaryl/α,β-unsaturated/α-hetero) is 2.